The molecule has 22 heavy (non-hydrogen) atoms. The number of allylic oxidation sites excluding steroid dienone is 4. The molecule has 1 rings (SSSR count). The molecule has 6 nitrogen and oxygen atoms in total. The first kappa shape index (κ1) is 18.7. The van der Waals surface area contributed by atoms with E-state index in [4.69, 9.17) is 9.96 Å². The second-order valence-corrected chi connectivity index (χ2v) is 8.94. The van der Waals surface area contributed by atoms with E-state index in [9.17, 15) is 14.4 Å². The zero-order valence-electron chi connectivity index (χ0n) is 14.0. The van der Waals surface area contributed by atoms with Crippen LogP contribution in [0.1, 0.15) is 48.5 Å². The van der Waals surface area contributed by atoms with E-state index in [2.05, 4.69) is 0 Å². The molecule has 0 spiro atoms. The SMILES string of the molecule is CC(=O)[O][Ti]([O]C(C)=O)([O]C(C)=O)[C]1=C(C)C(C)=C(C)C1C. The van der Waals surface area contributed by atoms with Crippen LogP contribution < -0.4 is 0 Å². The second-order valence-electron chi connectivity index (χ2n) is 5.41. The summed E-state index contributed by atoms with van der Waals surface area (Å²) in [5.41, 5.74) is 2.96. The Bertz CT molecular complexity index is 546. The van der Waals surface area contributed by atoms with Crippen molar-refractivity contribution in [1.82, 2.24) is 0 Å². The fourth-order valence-electron chi connectivity index (χ4n) is 2.65. The summed E-state index contributed by atoms with van der Waals surface area (Å²) in [5, 5.41) is 0. The van der Waals surface area contributed by atoms with Crippen molar-refractivity contribution in [2.75, 3.05) is 0 Å². The Morgan fingerprint density at radius 2 is 1.18 bits per heavy atom. The summed E-state index contributed by atoms with van der Waals surface area (Å²) in [4.78, 5) is 34.7. The molecule has 0 aromatic carbocycles. The van der Waals surface area contributed by atoms with Gasteiger partial charge in [-0.2, -0.15) is 0 Å². The maximum atomic E-state index is 11.6. The molecule has 0 amide bonds. The molecule has 0 heterocycles. The van der Waals surface area contributed by atoms with Crippen molar-refractivity contribution in [2.24, 2.45) is 5.92 Å². The first-order chi connectivity index (χ1) is 10.0. The molecule has 0 saturated heterocycles. The molecule has 0 radical (unpaired) electrons. The van der Waals surface area contributed by atoms with Crippen molar-refractivity contribution in [3.8, 4) is 0 Å². The molecule has 0 aromatic rings. The number of rotatable bonds is 4. The van der Waals surface area contributed by atoms with E-state index in [0.717, 1.165) is 16.7 Å². The third-order valence-electron chi connectivity index (χ3n) is 3.80. The van der Waals surface area contributed by atoms with Crippen LogP contribution in [0.4, 0.5) is 0 Å². The molecular formula is C15H22O6Ti. The Morgan fingerprint density at radius 1 is 0.818 bits per heavy atom. The van der Waals surface area contributed by atoms with E-state index >= 15 is 0 Å². The number of hydrogen-bond donors (Lipinski definition) is 0. The van der Waals surface area contributed by atoms with Gasteiger partial charge < -0.3 is 0 Å². The standard InChI is InChI=1S/C9H13.3C2H4O2.Ti/c1-6-5-7(2)9(4)8(6)3;3*1-2(3)4;/h6H,1-4H3;3*1H3,(H,3,4);/q;;;;+3/p-3. The van der Waals surface area contributed by atoms with Gasteiger partial charge in [0.1, 0.15) is 0 Å². The molecule has 0 saturated carbocycles. The quantitative estimate of drug-likeness (QED) is 0.729. The monoisotopic (exact) mass is 346 g/mol. The molecule has 0 aromatic heterocycles. The molecule has 7 heteroatoms. The molecule has 122 valence electrons. The molecule has 0 fully saturated rings. The number of carbonyl (C=O) groups is 3. The summed E-state index contributed by atoms with van der Waals surface area (Å²) in [5.74, 6) is -2.04. The Balaban J connectivity index is 3.51. The van der Waals surface area contributed by atoms with E-state index in [1.165, 1.54) is 20.8 Å². The van der Waals surface area contributed by atoms with Gasteiger partial charge >= 0.3 is 135 Å². The van der Waals surface area contributed by atoms with Crippen molar-refractivity contribution in [2.45, 2.75) is 48.5 Å². The Hall–Kier alpha value is -1.40. The number of carbonyl (C=O) groups excluding carboxylic acids is 3. The van der Waals surface area contributed by atoms with Crippen LogP contribution in [0.15, 0.2) is 20.6 Å². The van der Waals surface area contributed by atoms with E-state index in [0.29, 0.717) is 3.88 Å². The van der Waals surface area contributed by atoms with Gasteiger partial charge in [0.15, 0.2) is 0 Å². The van der Waals surface area contributed by atoms with Gasteiger partial charge in [0.25, 0.3) is 0 Å². The van der Waals surface area contributed by atoms with Gasteiger partial charge in [-0.25, -0.2) is 0 Å². The van der Waals surface area contributed by atoms with Crippen LogP contribution in [-0.2, 0) is 42.1 Å². The van der Waals surface area contributed by atoms with E-state index in [-0.39, 0.29) is 5.92 Å². The van der Waals surface area contributed by atoms with Crippen LogP contribution in [0.2, 0.25) is 0 Å². The molecule has 0 N–H and O–H groups in total. The van der Waals surface area contributed by atoms with Gasteiger partial charge in [0.2, 0.25) is 0 Å². The van der Waals surface area contributed by atoms with Crippen LogP contribution in [-0.4, -0.2) is 17.9 Å². The van der Waals surface area contributed by atoms with E-state index < -0.39 is 35.7 Å². The van der Waals surface area contributed by atoms with Crippen molar-refractivity contribution in [1.29, 1.82) is 0 Å². The summed E-state index contributed by atoms with van der Waals surface area (Å²) < 4.78 is 16.7. The molecular weight excluding hydrogens is 324 g/mol. The van der Waals surface area contributed by atoms with Crippen LogP contribution >= 0.6 is 0 Å². The molecule has 0 bridgehead atoms. The zero-order chi connectivity index (χ0) is 17.2. The van der Waals surface area contributed by atoms with Gasteiger partial charge in [0.05, 0.1) is 0 Å². The second kappa shape index (κ2) is 6.79. The molecule has 1 aliphatic rings. The summed E-state index contributed by atoms with van der Waals surface area (Å²) in [6.07, 6.45) is 0. The van der Waals surface area contributed by atoms with E-state index in [1.807, 2.05) is 27.7 Å². The van der Waals surface area contributed by atoms with Crippen LogP contribution in [0.3, 0.4) is 0 Å². The third kappa shape index (κ3) is 3.68. The van der Waals surface area contributed by atoms with Gasteiger partial charge in [-0.15, -0.1) is 0 Å². The average molecular weight is 346 g/mol. The van der Waals surface area contributed by atoms with Crippen molar-refractivity contribution in [3.05, 3.63) is 20.6 Å². The van der Waals surface area contributed by atoms with Gasteiger partial charge in [0, 0.05) is 0 Å². The van der Waals surface area contributed by atoms with Gasteiger partial charge in [-0.05, 0) is 0 Å². The van der Waals surface area contributed by atoms with Crippen LogP contribution in [0.25, 0.3) is 0 Å². The van der Waals surface area contributed by atoms with E-state index in [1.54, 1.807) is 0 Å². The normalized spacial score (nSPS) is 18.4. The van der Waals surface area contributed by atoms with Crippen molar-refractivity contribution in [3.63, 3.8) is 0 Å². The molecule has 1 aliphatic carbocycles. The first-order valence-electron chi connectivity index (χ1n) is 6.99. The predicted molar refractivity (Wildman–Crippen MR) is 75.5 cm³/mol. The maximum absolute atomic E-state index is 11.6. The third-order valence-corrected chi connectivity index (χ3v) is 8.70. The molecule has 0 aliphatic heterocycles. The van der Waals surface area contributed by atoms with Crippen LogP contribution in [0, 0.1) is 5.92 Å². The summed E-state index contributed by atoms with van der Waals surface area (Å²) >= 11 is -4.61. The topological polar surface area (TPSA) is 78.9 Å². The fourth-order valence-corrected chi connectivity index (χ4v) is 7.31. The average Bonchev–Trinajstić information content (AvgIpc) is 2.51. The summed E-state index contributed by atoms with van der Waals surface area (Å²) in [6, 6.07) is 0. The Kier molecular flexibility index (Phi) is 5.76. The minimum absolute atomic E-state index is 0.113. The molecule has 1 unspecified atom stereocenters. The number of hydrogen-bond acceptors (Lipinski definition) is 6. The predicted octanol–water partition coefficient (Wildman–Crippen LogP) is 2.83. The van der Waals surface area contributed by atoms with Crippen molar-refractivity contribution >= 4 is 17.9 Å². The molecule has 1 atom stereocenters. The Morgan fingerprint density at radius 3 is 1.41 bits per heavy atom. The zero-order valence-corrected chi connectivity index (χ0v) is 15.6. The van der Waals surface area contributed by atoms with Gasteiger partial charge in [-0.3, -0.25) is 0 Å². The fraction of sp³-hybridized carbons (Fsp3) is 0.533. The minimum atomic E-state index is -4.61. The first-order valence-corrected chi connectivity index (χ1v) is 9.69. The summed E-state index contributed by atoms with van der Waals surface area (Å²) in [7, 11) is 0. The van der Waals surface area contributed by atoms with Gasteiger partial charge in [-0.1, -0.05) is 0 Å². The Labute approximate surface area is 135 Å². The van der Waals surface area contributed by atoms with Crippen LogP contribution in [0.5, 0.6) is 0 Å². The summed E-state index contributed by atoms with van der Waals surface area (Å²) in [6.45, 7) is 11.3. The van der Waals surface area contributed by atoms with Crippen molar-refractivity contribution < 1.29 is 42.1 Å².